The van der Waals surface area contributed by atoms with E-state index in [0.29, 0.717) is 0 Å². The summed E-state index contributed by atoms with van der Waals surface area (Å²) < 4.78 is 18.1. The molecule has 1 aromatic rings. The molecule has 0 fully saturated rings. The number of esters is 1. The van der Waals surface area contributed by atoms with Crippen LogP contribution < -0.4 is 5.73 Å². The molecule has 5 nitrogen and oxygen atoms in total. The first-order chi connectivity index (χ1) is 7.95. The van der Waals surface area contributed by atoms with Gasteiger partial charge in [0, 0.05) is 6.07 Å². The summed E-state index contributed by atoms with van der Waals surface area (Å²) in [4.78, 5) is 11.1. The number of nitrogens with two attached hydrogens (primary N) is 1. The van der Waals surface area contributed by atoms with E-state index in [2.05, 4.69) is 4.74 Å². The zero-order valence-electron chi connectivity index (χ0n) is 9.26. The topological polar surface area (TPSA) is 92.8 Å². The van der Waals surface area contributed by atoms with Crippen LogP contribution in [0.2, 0.25) is 0 Å². The van der Waals surface area contributed by atoms with Crippen molar-refractivity contribution in [1.82, 2.24) is 0 Å². The minimum absolute atomic E-state index is 0.0528. The van der Waals surface area contributed by atoms with Gasteiger partial charge < -0.3 is 20.7 Å². The molecule has 0 heterocycles. The number of benzene rings is 1. The molecule has 0 radical (unpaired) electrons. The monoisotopic (exact) mass is 243 g/mol. The van der Waals surface area contributed by atoms with Gasteiger partial charge in [0.05, 0.1) is 12.6 Å². The molecular formula is C11H14FNO4. The Bertz CT molecular complexity index is 390. The van der Waals surface area contributed by atoms with E-state index < -0.39 is 18.2 Å². The predicted octanol–water partition coefficient (Wildman–Crippen LogP) is 0.999. The zero-order valence-corrected chi connectivity index (χ0v) is 9.26. The number of halogens is 1. The van der Waals surface area contributed by atoms with E-state index in [9.17, 15) is 19.4 Å². The predicted molar refractivity (Wildman–Crippen MR) is 58.2 cm³/mol. The van der Waals surface area contributed by atoms with Gasteiger partial charge in [0.2, 0.25) is 6.17 Å². The van der Waals surface area contributed by atoms with Crippen molar-refractivity contribution in [3.05, 3.63) is 23.8 Å². The fraction of sp³-hybridized carbons (Fsp3) is 0.364. The summed E-state index contributed by atoms with van der Waals surface area (Å²) in [5, 5.41) is 18.4. The van der Waals surface area contributed by atoms with Crippen LogP contribution in [0.15, 0.2) is 18.2 Å². The number of carbonyl (C=O) groups excluding carboxylic acids is 1. The highest BCUT2D eigenvalue weighted by molar-refractivity contribution is 5.75. The largest absolute Gasteiger partial charge is 0.508 e. The van der Waals surface area contributed by atoms with Crippen molar-refractivity contribution in [2.45, 2.75) is 19.1 Å². The molecule has 1 unspecified atom stereocenters. The molecule has 1 aromatic carbocycles. The molecular weight excluding hydrogens is 229 g/mol. The highest BCUT2D eigenvalue weighted by Crippen LogP contribution is 2.26. The summed E-state index contributed by atoms with van der Waals surface area (Å²) in [6.07, 6.45) is -2.05. The van der Waals surface area contributed by atoms with Crippen molar-refractivity contribution in [1.29, 1.82) is 0 Å². The summed E-state index contributed by atoms with van der Waals surface area (Å²) in [6.45, 7) is 1.60. The van der Waals surface area contributed by atoms with Gasteiger partial charge in [-0.2, -0.15) is 0 Å². The Balaban J connectivity index is 2.87. The maximum Gasteiger partial charge on any atom is 0.342 e. The van der Waals surface area contributed by atoms with Crippen LogP contribution in [-0.2, 0) is 9.53 Å². The SMILES string of the molecule is CCOC(=O)C(F)[C@H](N)c1cc(O)cc(O)c1. The van der Waals surface area contributed by atoms with Gasteiger partial charge in [-0.05, 0) is 24.6 Å². The lowest BCUT2D eigenvalue weighted by atomic mass is 10.0. The first-order valence-electron chi connectivity index (χ1n) is 5.05. The number of rotatable bonds is 4. The second kappa shape index (κ2) is 5.49. The number of hydrogen-bond donors (Lipinski definition) is 3. The Morgan fingerprint density at radius 1 is 1.41 bits per heavy atom. The number of ether oxygens (including phenoxy) is 1. The average Bonchev–Trinajstić information content (AvgIpc) is 2.26. The molecule has 0 bridgehead atoms. The number of hydrogen-bond acceptors (Lipinski definition) is 5. The van der Waals surface area contributed by atoms with Crippen molar-refractivity contribution >= 4 is 5.97 Å². The molecule has 4 N–H and O–H groups in total. The lowest BCUT2D eigenvalue weighted by Crippen LogP contribution is -2.31. The molecule has 2 atom stereocenters. The van der Waals surface area contributed by atoms with Gasteiger partial charge in [0.25, 0.3) is 0 Å². The summed E-state index contributed by atoms with van der Waals surface area (Å²) in [5.74, 6) is -1.58. The molecule has 0 aliphatic carbocycles. The molecule has 0 saturated heterocycles. The summed E-state index contributed by atoms with van der Waals surface area (Å²) >= 11 is 0. The van der Waals surface area contributed by atoms with Gasteiger partial charge in [-0.25, -0.2) is 9.18 Å². The molecule has 94 valence electrons. The third-order valence-electron chi connectivity index (χ3n) is 2.14. The minimum Gasteiger partial charge on any atom is -0.508 e. The minimum atomic E-state index is -2.05. The van der Waals surface area contributed by atoms with Crippen molar-refractivity contribution in [3.8, 4) is 11.5 Å². The number of phenolic OH excluding ortho intramolecular Hbond substituents is 2. The second-order valence-electron chi connectivity index (χ2n) is 3.46. The number of aromatic hydroxyl groups is 2. The van der Waals surface area contributed by atoms with E-state index in [4.69, 9.17) is 5.73 Å². The quantitative estimate of drug-likeness (QED) is 0.686. The molecule has 0 spiro atoms. The Morgan fingerprint density at radius 3 is 2.41 bits per heavy atom. The van der Waals surface area contributed by atoms with Crippen LogP contribution in [0.5, 0.6) is 11.5 Å². The van der Waals surface area contributed by atoms with Gasteiger partial charge >= 0.3 is 5.97 Å². The molecule has 0 aromatic heterocycles. The first-order valence-corrected chi connectivity index (χ1v) is 5.05. The second-order valence-corrected chi connectivity index (χ2v) is 3.46. The Labute approximate surface area is 97.6 Å². The number of alkyl halides is 1. The molecule has 0 amide bonds. The maximum absolute atomic E-state index is 13.6. The van der Waals surface area contributed by atoms with Crippen molar-refractivity contribution < 1.29 is 24.1 Å². The van der Waals surface area contributed by atoms with Crippen LogP contribution >= 0.6 is 0 Å². The fourth-order valence-corrected chi connectivity index (χ4v) is 1.35. The van der Waals surface area contributed by atoms with Gasteiger partial charge in [0.1, 0.15) is 11.5 Å². The van der Waals surface area contributed by atoms with E-state index in [0.717, 1.165) is 6.07 Å². The van der Waals surface area contributed by atoms with Gasteiger partial charge in [-0.15, -0.1) is 0 Å². The lowest BCUT2D eigenvalue weighted by molar-refractivity contribution is -0.149. The fourth-order valence-electron chi connectivity index (χ4n) is 1.35. The van der Waals surface area contributed by atoms with E-state index in [1.165, 1.54) is 12.1 Å². The molecule has 6 heteroatoms. The number of phenols is 2. The Kier molecular flexibility index (Phi) is 4.28. The zero-order chi connectivity index (χ0) is 13.0. The number of carbonyl (C=O) groups is 1. The normalized spacial score (nSPS) is 14.1. The van der Waals surface area contributed by atoms with Crippen LogP contribution in [0.1, 0.15) is 18.5 Å². The molecule has 0 saturated carbocycles. The van der Waals surface area contributed by atoms with Crippen molar-refractivity contribution in [3.63, 3.8) is 0 Å². The average molecular weight is 243 g/mol. The molecule has 0 aliphatic rings. The Hall–Kier alpha value is -1.82. The van der Waals surface area contributed by atoms with Crippen molar-refractivity contribution in [2.75, 3.05) is 6.61 Å². The lowest BCUT2D eigenvalue weighted by Gasteiger charge is -2.16. The third-order valence-corrected chi connectivity index (χ3v) is 2.14. The van der Waals surface area contributed by atoms with Crippen molar-refractivity contribution in [2.24, 2.45) is 5.73 Å². The first kappa shape index (κ1) is 13.2. The highest BCUT2D eigenvalue weighted by atomic mass is 19.1. The summed E-state index contributed by atoms with van der Waals surface area (Å²) in [6, 6.07) is 2.13. The van der Waals surface area contributed by atoms with Crippen LogP contribution in [0, 0.1) is 0 Å². The molecule has 17 heavy (non-hydrogen) atoms. The van der Waals surface area contributed by atoms with E-state index in [1.807, 2.05) is 0 Å². The van der Waals surface area contributed by atoms with E-state index >= 15 is 0 Å². The van der Waals surface area contributed by atoms with Crippen LogP contribution in [0.25, 0.3) is 0 Å². The van der Waals surface area contributed by atoms with Gasteiger partial charge in [0.15, 0.2) is 0 Å². The highest BCUT2D eigenvalue weighted by Gasteiger charge is 2.28. The summed E-state index contributed by atoms with van der Waals surface area (Å²) in [7, 11) is 0. The summed E-state index contributed by atoms with van der Waals surface area (Å²) in [5.41, 5.74) is 5.62. The van der Waals surface area contributed by atoms with Gasteiger partial charge in [-0.1, -0.05) is 0 Å². The van der Waals surface area contributed by atoms with Crippen LogP contribution in [0.4, 0.5) is 4.39 Å². The van der Waals surface area contributed by atoms with Gasteiger partial charge in [-0.3, -0.25) is 0 Å². The third kappa shape index (κ3) is 3.32. The van der Waals surface area contributed by atoms with E-state index in [1.54, 1.807) is 6.92 Å². The maximum atomic E-state index is 13.6. The van der Waals surface area contributed by atoms with Crippen LogP contribution in [0.3, 0.4) is 0 Å². The van der Waals surface area contributed by atoms with Crippen LogP contribution in [-0.4, -0.2) is 29.0 Å². The standard InChI is InChI=1S/C11H14FNO4/c1-2-17-11(16)9(12)10(13)6-3-7(14)5-8(15)4-6/h3-5,9-10,14-15H,2,13H2,1H3/t9?,10-/m1/s1. The smallest absolute Gasteiger partial charge is 0.342 e. The molecule has 1 rings (SSSR count). The van der Waals surface area contributed by atoms with E-state index in [-0.39, 0.29) is 23.7 Å². The Morgan fingerprint density at radius 2 is 1.94 bits per heavy atom. The molecule has 0 aliphatic heterocycles.